The molecule has 9 aromatic carbocycles. The second-order valence-corrected chi connectivity index (χ2v) is 14.2. The summed E-state index contributed by atoms with van der Waals surface area (Å²) in [6, 6.07) is 46.1. The molecule has 0 aromatic heterocycles. The van der Waals surface area contributed by atoms with Gasteiger partial charge in [0, 0.05) is 10.6 Å². The van der Waals surface area contributed by atoms with E-state index in [1.54, 1.807) is 0 Å². The molecule has 0 spiro atoms. The van der Waals surface area contributed by atoms with Gasteiger partial charge >= 0.3 is 0 Å². The third-order valence-electron chi connectivity index (χ3n) is 10.6. The Bertz CT molecular complexity index is 2930. The summed E-state index contributed by atoms with van der Waals surface area (Å²) in [7, 11) is 0. The van der Waals surface area contributed by atoms with Crippen LogP contribution < -0.4 is 0 Å². The lowest BCUT2D eigenvalue weighted by Gasteiger charge is -2.22. The van der Waals surface area contributed by atoms with Gasteiger partial charge in [0.2, 0.25) is 0 Å². The molecule has 0 radical (unpaired) electrons. The van der Waals surface area contributed by atoms with Crippen LogP contribution >= 0.6 is 11.6 Å². The number of aryl methyl sites for hydroxylation is 2. The summed E-state index contributed by atoms with van der Waals surface area (Å²) in [5, 5.41) is 9.59. The van der Waals surface area contributed by atoms with Crippen molar-refractivity contribution in [3.05, 3.63) is 167 Å². The molecule has 0 saturated heterocycles. The van der Waals surface area contributed by atoms with Gasteiger partial charge in [0.25, 0.3) is 0 Å². The van der Waals surface area contributed by atoms with Gasteiger partial charge in [-0.2, -0.15) is 0 Å². The maximum atomic E-state index is 14.6. The fourth-order valence-electron chi connectivity index (χ4n) is 8.57. The van der Waals surface area contributed by atoms with Gasteiger partial charge in [-0.05, 0) is 155 Å². The van der Waals surface area contributed by atoms with Crippen LogP contribution in [0, 0.1) is 25.5 Å². The molecule has 0 aliphatic heterocycles. The monoisotopic (exact) mass is 678 g/mol. The van der Waals surface area contributed by atoms with Gasteiger partial charge in [0.15, 0.2) is 0 Å². The van der Waals surface area contributed by atoms with Crippen LogP contribution in [-0.4, -0.2) is 0 Å². The summed E-state index contributed by atoms with van der Waals surface area (Å²) >= 11 is 7.42. The first-order valence-corrected chi connectivity index (χ1v) is 17.5. The highest BCUT2D eigenvalue weighted by Gasteiger charge is 2.32. The van der Waals surface area contributed by atoms with Gasteiger partial charge in [0.1, 0.15) is 11.6 Å². The molecule has 1 aliphatic carbocycles. The fourth-order valence-corrected chi connectivity index (χ4v) is 8.83. The highest BCUT2D eigenvalue weighted by Crippen LogP contribution is 2.59. The zero-order valence-corrected chi connectivity index (χ0v) is 28.7. The van der Waals surface area contributed by atoms with Gasteiger partial charge in [-0.1, -0.05) is 115 Å². The minimum atomic E-state index is -0.289. The second-order valence-electron chi connectivity index (χ2n) is 13.8. The standard InChI is InChI=1S/C48H29ClF2/c1-26-20-31-21-27(2)23-42-44(31)41(22-26)47-45(29-10-15-32(50)16-11-29)39-24-38(36-9-5-8-35-34-7-4-3-6-28(34)14-19-37(35)36)43(49)25-40(39)46(48(42)47)30-12-17-33(51)18-13-30/h3-25H,1-2H3. The van der Waals surface area contributed by atoms with Crippen LogP contribution in [0.15, 0.2) is 140 Å². The SMILES string of the molecule is Cc1cc2c3c(cc(C)cc3c1)-c1c-2c(-c2ccc(F)cc2)c2cc(Cl)c(-c3cccc4c3ccc3ccccc34)cc2c1-c1ccc(F)cc1. The Hall–Kier alpha value is -5.83. The van der Waals surface area contributed by atoms with Crippen LogP contribution in [0.5, 0.6) is 0 Å². The van der Waals surface area contributed by atoms with Crippen molar-refractivity contribution in [3.63, 3.8) is 0 Å². The molecule has 10 rings (SSSR count). The van der Waals surface area contributed by atoms with Crippen LogP contribution in [0.3, 0.4) is 0 Å². The smallest absolute Gasteiger partial charge is 0.123 e. The molecule has 0 saturated carbocycles. The molecule has 3 heteroatoms. The minimum absolute atomic E-state index is 0.286. The maximum absolute atomic E-state index is 14.6. The average Bonchev–Trinajstić information content (AvgIpc) is 3.44. The Kier molecular flexibility index (Phi) is 6.53. The third-order valence-corrected chi connectivity index (χ3v) is 10.9. The Morgan fingerprint density at radius 3 is 1.59 bits per heavy atom. The summed E-state index contributed by atoms with van der Waals surface area (Å²) in [4.78, 5) is 0. The molecule has 0 unspecified atom stereocenters. The van der Waals surface area contributed by atoms with Crippen molar-refractivity contribution in [1.29, 1.82) is 0 Å². The van der Waals surface area contributed by atoms with Gasteiger partial charge in [-0.3, -0.25) is 0 Å². The van der Waals surface area contributed by atoms with Gasteiger partial charge in [-0.15, -0.1) is 0 Å². The van der Waals surface area contributed by atoms with E-state index in [9.17, 15) is 8.78 Å². The largest absolute Gasteiger partial charge is 0.207 e. The zero-order valence-electron chi connectivity index (χ0n) is 27.9. The predicted molar refractivity (Wildman–Crippen MR) is 212 cm³/mol. The number of rotatable bonds is 3. The van der Waals surface area contributed by atoms with Crippen LogP contribution in [0.2, 0.25) is 5.02 Å². The number of fused-ring (bicyclic) bond motifs is 7. The van der Waals surface area contributed by atoms with Crippen LogP contribution in [0.1, 0.15) is 11.1 Å². The maximum Gasteiger partial charge on any atom is 0.123 e. The number of hydrogen-bond donors (Lipinski definition) is 0. The fraction of sp³-hybridized carbons (Fsp3) is 0.0417. The topological polar surface area (TPSA) is 0 Å². The molecule has 0 nitrogen and oxygen atoms in total. The van der Waals surface area contributed by atoms with Crippen molar-refractivity contribution in [1.82, 2.24) is 0 Å². The van der Waals surface area contributed by atoms with E-state index in [1.807, 2.05) is 24.3 Å². The van der Waals surface area contributed by atoms with E-state index in [0.29, 0.717) is 5.02 Å². The normalized spacial score (nSPS) is 12.0. The summed E-state index contributed by atoms with van der Waals surface area (Å²) in [6.45, 7) is 4.27. The molecule has 0 bridgehead atoms. The number of halogens is 3. The molecular formula is C48H29ClF2. The average molecular weight is 679 g/mol. The minimum Gasteiger partial charge on any atom is -0.207 e. The van der Waals surface area contributed by atoms with Crippen molar-refractivity contribution in [2.24, 2.45) is 0 Å². The summed E-state index contributed by atoms with van der Waals surface area (Å²) in [5.41, 5.74) is 12.6. The van der Waals surface area contributed by atoms with E-state index in [0.717, 1.165) is 88.3 Å². The van der Waals surface area contributed by atoms with E-state index >= 15 is 0 Å². The Labute approximate surface area is 299 Å². The Morgan fingerprint density at radius 2 is 0.961 bits per heavy atom. The molecule has 0 heterocycles. The lowest BCUT2D eigenvalue weighted by molar-refractivity contribution is 0.627. The van der Waals surface area contributed by atoms with E-state index < -0.39 is 0 Å². The van der Waals surface area contributed by atoms with Crippen molar-refractivity contribution in [2.75, 3.05) is 0 Å². The van der Waals surface area contributed by atoms with Crippen LogP contribution in [-0.2, 0) is 0 Å². The quantitative estimate of drug-likeness (QED) is 0.163. The number of hydrogen-bond acceptors (Lipinski definition) is 0. The third kappa shape index (κ3) is 4.50. The molecular weight excluding hydrogens is 650 g/mol. The van der Waals surface area contributed by atoms with Crippen molar-refractivity contribution in [3.8, 4) is 55.6 Å². The van der Waals surface area contributed by atoms with Gasteiger partial charge in [0.05, 0.1) is 0 Å². The highest BCUT2D eigenvalue weighted by atomic mass is 35.5. The van der Waals surface area contributed by atoms with E-state index in [1.165, 1.54) is 45.8 Å². The molecule has 51 heavy (non-hydrogen) atoms. The molecule has 9 aromatic rings. The molecule has 242 valence electrons. The zero-order chi connectivity index (χ0) is 34.5. The van der Waals surface area contributed by atoms with Crippen molar-refractivity contribution >= 4 is 54.7 Å². The number of benzene rings is 9. The first-order chi connectivity index (χ1) is 24.8. The second kappa shape index (κ2) is 11.1. The Morgan fingerprint density at radius 1 is 0.392 bits per heavy atom. The summed E-state index contributed by atoms with van der Waals surface area (Å²) in [6.07, 6.45) is 0. The van der Waals surface area contributed by atoms with E-state index in [-0.39, 0.29) is 11.6 Å². The first kappa shape index (κ1) is 30.0. The van der Waals surface area contributed by atoms with Crippen molar-refractivity contribution in [2.45, 2.75) is 13.8 Å². The Balaban J connectivity index is 1.41. The predicted octanol–water partition coefficient (Wildman–Crippen LogP) is 14.5. The van der Waals surface area contributed by atoms with Gasteiger partial charge in [-0.25, -0.2) is 8.78 Å². The lowest BCUT2D eigenvalue weighted by atomic mass is 9.81. The lowest BCUT2D eigenvalue weighted by Crippen LogP contribution is -1.95. The molecule has 0 fully saturated rings. The molecule has 1 aliphatic rings. The summed E-state index contributed by atoms with van der Waals surface area (Å²) < 4.78 is 29.0. The van der Waals surface area contributed by atoms with E-state index in [2.05, 4.69) is 105 Å². The van der Waals surface area contributed by atoms with Crippen LogP contribution in [0.25, 0.3) is 98.7 Å². The van der Waals surface area contributed by atoms with Crippen molar-refractivity contribution < 1.29 is 8.78 Å². The summed E-state index contributed by atoms with van der Waals surface area (Å²) in [5.74, 6) is -0.575. The van der Waals surface area contributed by atoms with Crippen LogP contribution in [0.4, 0.5) is 8.78 Å². The van der Waals surface area contributed by atoms with E-state index in [4.69, 9.17) is 11.6 Å². The molecule has 0 atom stereocenters. The first-order valence-electron chi connectivity index (χ1n) is 17.2. The molecule has 0 amide bonds. The highest BCUT2D eigenvalue weighted by molar-refractivity contribution is 6.36. The molecule has 0 N–H and O–H groups in total. The van der Waals surface area contributed by atoms with Gasteiger partial charge < -0.3 is 0 Å².